The lowest BCUT2D eigenvalue weighted by Crippen LogP contribution is -2.41. The maximum atomic E-state index is 13.5. The number of Topliss-reactive ketones (excluding diaryl/α,β-unsaturated/α-hetero) is 2. The summed E-state index contributed by atoms with van der Waals surface area (Å²) in [4.78, 5) is 24.6. The van der Waals surface area contributed by atoms with Crippen LogP contribution < -0.4 is 5.32 Å². The van der Waals surface area contributed by atoms with E-state index < -0.39 is 16.1 Å². The van der Waals surface area contributed by atoms with Crippen molar-refractivity contribution in [3.63, 3.8) is 0 Å². The molecule has 6 nitrogen and oxygen atoms in total. The molecule has 7 rings (SSSR count). The van der Waals surface area contributed by atoms with E-state index >= 15 is 0 Å². The average molecular weight is 585 g/mol. The van der Waals surface area contributed by atoms with Crippen molar-refractivity contribution >= 4 is 21.6 Å². The van der Waals surface area contributed by atoms with Gasteiger partial charge in [0.15, 0.2) is 11.6 Å². The van der Waals surface area contributed by atoms with E-state index in [0.29, 0.717) is 28.7 Å². The van der Waals surface area contributed by atoms with Gasteiger partial charge in [-0.2, -0.15) is 4.31 Å². The molecule has 4 aliphatic carbocycles. The van der Waals surface area contributed by atoms with Crippen LogP contribution in [0.15, 0.2) is 77.7 Å². The second kappa shape index (κ2) is 12.2. The van der Waals surface area contributed by atoms with Gasteiger partial charge in [0.05, 0.1) is 10.9 Å². The molecule has 0 spiro atoms. The number of benzene rings is 3. The van der Waals surface area contributed by atoms with Gasteiger partial charge in [0.2, 0.25) is 10.0 Å². The molecular weight excluding hydrogens is 544 g/mol. The highest BCUT2D eigenvalue weighted by Crippen LogP contribution is 2.43. The Morgan fingerprint density at radius 3 is 1.90 bits per heavy atom. The Kier molecular flexibility index (Phi) is 8.44. The molecule has 2 saturated carbocycles. The highest BCUT2D eigenvalue weighted by molar-refractivity contribution is 7.89. The molecule has 0 heterocycles. The molecule has 2 unspecified atom stereocenters. The zero-order valence-corrected chi connectivity index (χ0v) is 25.1. The largest absolute Gasteiger partial charge is 0.307 e. The second-order valence-electron chi connectivity index (χ2n) is 12.2. The SMILES string of the molecule is Cc1ccc(S(=O)(=O)N(C2CCCC2)C2CC(=O)c3ccccc32)cc1.O=C1CC(NC2CCCC2)c2ccccc21. The van der Waals surface area contributed by atoms with Crippen molar-refractivity contribution in [1.29, 1.82) is 0 Å². The summed E-state index contributed by atoms with van der Waals surface area (Å²) in [5.74, 6) is 0.332. The molecule has 0 saturated heterocycles. The van der Waals surface area contributed by atoms with Gasteiger partial charge in [-0.05, 0) is 55.9 Å². The summed E-state index contributed by atoms with van der Waals surface area (Å²) in [6.45, 7) is 1.94. The number of ketones is 2. The third kappa shape index (κ3) is 5.75. The number of rotatable bonds is 6. The molecule has 2 atom stereocenters. The van der Waals surface area contributed by atoms with E-state index in [1.54, 1.807) is 16.4 Å². The summed E-state index contributed by atoms with van der Waals surface area (Å²) in [5.41, 5.74) is 4.68. The molecule has 2 fully saturated rings. The standard InChI is InChI=1S/C21H23NO3S.C14H17NO/c1-15-10-12-17(13-11-15)26(24,25)22(16-6-2-3-7-16)20-14-21(23)19-9-5-4-8-18(19)20;16-14-9-13(15-10-5-1-2-6-10)11-7-3-4-8-12(11)14/h4-5,8-13,16,20H,2-3,6-7,14H2,1H3;3-4,7-8,10,13,15H,1-2,5-6,9H2. The third-order valence-corrected chi connectivity index (χ3v) is 11.4. The average Bonchev–Trinajstić information content (AvgIpc) is 3.81. The van der Waals surface area contributed by atoms with E-state index in [1.165, 1.54) is 31.2 Å². The summed E-state index contributed by atoms with van der Waals surface area (Å²) < 4.78 is 28.7. The van der Waals surface area contributed by atoms with Crippen LogP contribution in [-0.4, -0.2) is 36.4 Å². The van der Waals surface area contributed by atoms with Crippen molar-refractivity contribution in [2.24, 2.45) is 0 Å². The van der Waals surface area contributed by atoms with Crippen molar-refractivity contribution in [3.8, 4) is 0 Å². The van der Waals surface area contributed by atoms with Gasteiger partial charge in [0.1, 0.15) is 0 Å². The minimum Gasteiger partial charge on any atom is -0.307 e. The first kappa shape index (κ1) is 29.0. The predicted molar refractivity (Wildman–Crippen MR) is 164 cm³/mol. The fourth-order valence-corrected chi connectivity index (χ4v) is 9.11. The van der Waals surface area contributed by atoms with E-state index in [4.69, 9.17) is 0 Å². The maximum absolute atomic E-state index is 13.5. The molecular formula is C35H40N2O4S. The first-order chi connectivity index (χ1) is 20.3. The van der Waals surface area contributed by atoms with Crippen molar-refractivity contribution in [2.75, 3.05) is 0 Å². The van der Waals surface area contributed by atoms with E-state index in [0.717, 1.165) is 42.4 Å². The molecule has 42 heavy (non-hydrogen) atoms. The van der Waals surface area contributed by atoms with Gasteiger partial charge in [0.25, 0.3) is 0 Å². The minimum absolute atomic E-state index is 0.0349. The first-order valence-corrected chi connectivity index (χ1v) is 16.9. The van der Waals surface area contributed by atoms with Crippen LogP contribution in [0.25, 0.3) is 0 Å². The molecule has 1 N–H and O–H groups in total. The van der Waals surface area contributed by atoms with Crippen molar-refractivity contribution in [1.82, 2.24) is 9.62 Å². The highest BCUT2D eigenvalue weighted by atomic mass is 32.2. The van der Waals surface area contributed by atoms with Crippen LogP contribution in [0.3, 0.4) is 0 Å². The Balaban J connectivity index is 0.000000168. The molecule has 0 bridgehead atoms. The van der Waals surface area contributed by atoms with Crippen LogP contribution in [-0.2, 0) is 10.0 Å². The number of hydrogen-bond acceptors (Lipinski definition) is 5. The van der Waals surface area contributed by atoms with Crippen molar-refractivity contribution < 1.29 is 18.0 Å². The summed E-state index contributed by atoms with van der Waals surface area (Å²) in [6.07, 6.45) is 9.88. The minimum atomic E-state index is -3.67. The summed E-state index contributed by atoms with van der Waals surface area (Å²) in [5, 5.41) is 3.64. The number of carbonyl (C=O) groups is 2. The van der Waals surface area contributed by atoms with Gasteiger partial charge in [0, 0.05) is 42.1 Å². The van der Waals surface area contributed by atoms with Crippen molar-refractivity contribution in [3.05, 3.63) is 101 Å². The van der Waals surface area contributed by atoms with Crippen LogP contribution in [0.2, 0.25) is 0 Å². The topological polar surface area (TPSA) is 83.6 Å². The first-order valence-electron chi connectivity index (χ1n) is 15.4. The third-order valence-electron chi connectivity index (χ3n) is 9.41. The Morgan fingerprint density at radius 2 is 1.24 bits per heavy atom. The molecule has 0 amide bonds. The van der Waals surface area contributed by atoms with Crippen molar-refractivity contribution in [2.45, 2.75) is 100 Å². The van der Waals surface area contributed by atoms with E-state index in [2.05, 4.69) is 11.4 Å². The van der Waals surface area contributed by atoms with Gasteiger partial charge in [-0.25, -0.2) is 8.42 Å². The zero-order chi connectivity index (χ0) is 29.3. The van der Waals surface area contributed by atoms with E-state index in [9.17, 15) is 18.0 Å². The zero-order valence-electron chi connectivity index (χ0n) is 24.3. The Hall–Kier alpha value is -3.13. The number of fused-ring (bicyclic) bond motifs is 2. The number of sulfonamides is 1. The summed E-state index contributed by atoms with van der Waals surface area (Å²) >= 11 is 0. The molecule has 3 aromatic rings. The fraction of sp³-hybridized carbons (Fsp3) is 0.429. The quantitative estimate of drug-likeness (QED) is 0.334. The predicted octanol–water partition coefficient (Wildman–Crippen LogP) is 7.10. The van der Waals surface area contributed by atoms with E-state index in [-0.39, 0.29) is 24.3 Å². The molecule has 7 heteroatoms. The highest BCUT2D eigenvalue weighted by Gasteiger charge is 2.43. The molecule has 3 aromatic carbocycles. The fourth-order valence-electron chi connectivity index (χ4n) is 7.26. The van der Waals surface area contributed by atoms with Crippen LogP contribution in [0.5, 0.6) is 0 Å². The van der Waals surface area contributed by atoms with Crippen LogP contribution in [0.1, 0.15) is 114 Å². The Bertz CT molecular complexity index is 1550. The monoisotopic (exact) mass is 584 g/mol. The number of nitrogens with zero attached hydrogens (tertiary/aromatic N) is 1. The lowest BCUT2D eigenvalue weighted by atomic mass is 10.1. The smallest absolute Gasteiger partial charge is 0.243 e. The van der Waals surface area contributed by atoms with Crippen LogP contribution in [0, 0.1) is 6.92 Å². The molecule has 0 radical (unpaired) electrons. The van der Waals surface area contributed by atoms with Gasteiger partial charge < -0.3 is 5.32 Å². The molecule has 0 aromatic heterocycles. The van der Waals surface area contributed by atoms with Gasteiger partial charge >= 0.3 is 0 Å². The Morgan fingerprint density at radius 1 is 0.690 bits per heavy atom. The number of aryl methyl sites for hydroxylation is 1. The second-order valence-corrected chi connectivity index (χ2v) is 14.1. The normalized spacial score (nSPS) is 22.3. The van der Waals surface area contributed by atoms with Gasteiger partial charge in [-0.1, -0.05) is 91.9 Å². The summed E-state index contributed by atoms with van der Waals surface area (Å²) in [7, 11) is -3.67. The maximum Gasteiger partial charge on any atom is 0.243 e. The molecule has 4 aliphatic rings. The number of nitrogens with one attached hydrogen (secondary N) is 1. The van der Waals surface area contributed by atoms with Gasteiger partial charge in [-0.3, -0.25) is 9.59 Å². The van der Waals surface area contributed by atoms with Gasteiger partial charge in [-0.15, -0.1) is 0 Å². The van der Waals surface area contributed by atoms with Crippen LogP contribution in [0.4, 0.5) is 0 Å². The number of hydrogen-bond donors (Lipinski definition) is 1. The summed E-state index contributed by atoms with van der Waals surface area (Å²) in [6, 6.07) is 22.9. The lowest BCUT2D eigenvalue weighted by molar-refractivity contribution is 0.0965. The number of carbonyl (C=O) groups excluding carboxylic acids is 2. The van der Waals surface area contributed by atoms with Crippen LogP contribution >= 0.6 is 0 Å². The Labute approximate surface area is 249 Å². The lowest BCUT2D eigenvalue weighted by Gasteiger charge is -2.33. The van der Waals surface area contributed by atoms with E-state index in [1.807, 2.05) is 61.5 Å². The molecule has 0 aliphatic heterocycles. The molecule has 220 valence electrons.